The van der Waals surface area contributed by atoms with E-state index in [0.717, 1.165) is 25.5 Å². The highest BCUT2D eigenvalue weighted by Gasteiger charge is 2.48. The Morgan fingerprint density at radius 3 is 2.29 bits per heavy atom. The molecule has 1 spiro atoms. The minimum Gasteiger partial charge on any atom is -0.340 e. The quantitative estimate of drug-likeness (QED) is 0.820. The van der Waals surface area contributed by atoms with Crippen LogP contribution >= 0.6 is 0 Å². The lowest BCUT2D eigenvalue weighted by Gasteiger charge is -2.45. The molecule has 6 nitrogen and oxygen atoms in total. The van der Waals surface area contributed by atoms with Crippen molar-refractivity contribution in [3.63, 3.8) is 0 Å². The number of rotatable bonds is 3. The van der Waals surface area contributed by atoms with Crippen LogP contribution in [0.5, 0.6) is 0 Å². The second-order valence-corrected chi connectivity index (χ2v) is 9.53. The lowest BCUT2D eigenvalue weighted by atomic mass is 9.79. The number of carbonyl (C=O) groups excluding carboxylic acids is 2. The van der Waals surface area contributed by atoms with Crippen molar-refractivity contribution < 1.29 is 18.0 Å². The molecule has 1 saturated carbocycles. The van der Waals surface area contributed by atoms with Gasteiger partial charge >= 0.3 is 0 Å². The Balaban J connectivity index is 2.24. The van der Waals surface area contributed by atoms with E-state index in [0.29, 0.717) is 12.8 Å². The molecule has 1 aliphatic carbocycles. The molecule has 1 saturated heterocycles. The van der Waals surface area contributed by atoms with Gasteiger partial charge in [-0.3, -0.25) is 9.59 Å². The van der Waals surface area contributed by atoms with Crippen LogP contribution in [0.1, 0.15) is 46.0 Å². The molecule has 0 unspecified atom stereocenters. The van der Waals surface area contributed by atoms with Crippen molar-refractivity contribution in [3.8, 4) is 0 Å². The summed E-state index contributed by atoms with van der Waals surface area (Å²) in [5.74, 6) is -0.320. The maximum Gasteiger partial charge on any atom is 0.248 e. The second kappa shape index (κ2) is 5.26. The Kier molecular flexibility index (Phi) is 4.08. The molecule has 0 aromatic rings. The van der Waals surface area contributed by atoms with Crippen LogP contribution in [0.3, 0.4) is 0 Å². The highest BCUT2D eigenvalue weighted by molar-refractivity contribution is 7.92. The van der Waals surface area contributed by atoms with Crippen LogP contribution in [0, 0.1) is 0 Å². The molecular formula is C14H24N2O4S. The first-order chi connectivity index (χ1) is 9.57. The standard InChI is InChI=1S/C14H24N2O4S/c1-13(2,21(3,19)20)10-16-9-11(17)15-14(12(16)18)7-5-4-6-8-14/h4-10H2,1-3H3,(H,15,17). The van der Waals surface area contributed by atoms with E-state index in [1.165, 1.54) is 4.90 Å². The highest BCUT2D eigenvalue weighted by atomic mass is 32.2. The number of sulfone groups is 1. The maximum absolute atomic E-state index is 12.8. The monoisotopic (exact) mass is 316 g/mol. The summed E-state index contributed by atoms with van der Waals surface area (Å²) in [5, 5.41) is 2.86. The molecule has 1 heterocycles. The molecule has 2 rings (SSSR count). The van der Waals surface area contributed by atoms with Gasteiger partial charge in [0, 0.05) is 12.8 Å². The topological polar surface area (TPSA) is 83.6 Å². The van der Waals surface area contributed by atoms with Crippen LogP contribution in [0.2, 0.25) is 0 Å². The van der Waals surface area contributed by atoms with Crippen molar-refractivity contribution in [3.05, 3.63) is 0 Å². The molecule has 0 atom stereocenters. The normalized spacial score (nSPS) is 23.3. The smallest absolute Gasteiger partial charge is 0.248 e. The van der Waals surface area contributed by atoms with Crippen molar-refractivity contribution in [2.75, 3.05) is 19.3 Å². The summed E-state index contributed by atoms with van der Waals surface area (Å²) in [6.07, 6.45) is 5.35. The average molecular weight is 316 g/mol. The van der Waals surface area contributed by atoms with Crippen LogP contribution in [-0.2, 0) is 19.4 Å². The number of nitrogens with one attached hydrogen (secondary N) is 1. The van der Waals surface area contributed by atoms with Gasteiger partial charge in [-0.1, -0.05) is 19.3 Å². The highest BCUT2D eigenvalue weighted by Crippen LogP contribution is 2.32. The number of carbonyl (C=O) groups is 2. The van der Waals surface area contributed by atoms with Crippen molar-refractivity contribution in [1.82, 2.24) is 10.2 Å². The zero-order valence-corrected chi connectivity index (χ0v) is 13.8. The molecule has 21 heavy (non-hydrogen) atoms. The van der Waals surface area contributed by atoms with Gasteiger partial charge in [-0.2, -0.15) is 0 Å². The third-order valence-electron chi connectivity index (χ3n) is 4.69. The second-order valence-electron chi connectivity index (χ2n) is 6.88. The first-order valence-corrected chi connectivity index (χ1v) is 9.27. The van der Waals surface area contributed by atoms with Gasteiger partial charge in [-0.25, -0.2) is 8.42 Å². The summed E-state index contributed by atoms with van der Waals surface area (Å²) in [4.78, 5) is 26.2. The van der Waals surface area contributed by atoms with Crippen LogP contribution in [0.4, 0.5) is 0 Å². The summed E-state index contributed by atoms with van der Waals surface area (Å²) in [6.45, 7) is 3.19. The molecule has 2 fully saturated rings. The van der Waals surface area contributed by atoms with E-state index in [1.807, 2.05) is 0 Å². The van der Waals surface area contributed by atoms with E-state index in [4.69, 9.17) is 0 Å². The van der Waals surface area contributed by atoms with E-state index in [2.05, 4.69) is 5.32 Å². The third kappa shape index (κ3) is 3.07. The van der Waals surface area contributed by atoms with E-state index < -0.39 is 20.1 Å². The van der Waals surface area contributed by atoms with Crippen LogP contribution in [-0.4, -0.2) is 54.8 Å². The molecule has 1 N–H and O–H groups in total. The van der Waals surface area contributed by atoms with Gasteiger partial charge in [-0.15, -0.1) is 0 Å². The Hall–Kier alpha value is -1.11. The molecule has 2 aliphatic rings. The van der Waals surface area contributed by atoms with Gasteiger partial charge in [0.2, 0.25) is 11.8 Å². The number of hydrogen-bond acceptors (Lipinski definition) is 4. The lowest BCUT2D eigenvalue weighted by Crippen LogP contribution is -2.68. The fourth-order valence-electron chi connectivity index (χ4n) is 3.11. The zero-order chi connectivity index (χ0) is 15.9. The lowest BCUT2D eigenvalue weighted by molar-refractivity contribution is -0.151. The minimum atomic E-state index is -3.31. The van der Waals surface area contributed by atoms with Crippen LogP contribution in [0.25, 0.3) is 0 Å². The van der Waals surface area contributed by atoms with E-state index in [1.54, 1.807) is 13.8 Å². The Bertz CT molecular complexity index is 547. The summed E-state index contributed by atoms with van der Waals surface area (Å²) in [6, 6.07) is 0. The molecule has 0 aromatic heterocycles. The Morgan fingerprint density at radius 1 is 1.19 bits per heavy atom. The summed E-state index contributed by atoms with van der Waals surface area (Å²) in [7, 11) is -3.31. The molecular weight excluding hydrogens is 292 g/mol. The first kappa shape index (κ1) is 16.3. The largest absolute Gasteiger partial charge is 0.340 e. The maximum atomic E-state index is 12.8. The van der Waals surface area contributed by atoms with E-state index in [-0.39, 0.29) is 24.9 Å². The minimum absolute atomic E-state index is 0.0554. The number of hydrogen-bond donors (Lipinski definition) is 1. The fraction of sp³-hybridized carbons (Fsp3) is 0.857. The Labute approximate surface area is 126 Å². The zero-order valence-electron chi connectivity index (χ0n) is 12.9. The molecule has 2 amide bonds. The summed E-state index contributed by atoms with van der Waals surface area (Å²) >= 11 is 0. The molecule has 1 aliphatic heterocycles. The van der Waals surface area contributed by atoms with Gasteiger partial charge in [0.25, 0.3) is 0 Å². The number of nitrogens with zero attached hydrogens (tertiary/aromatic N) is 1. The van der Waals surface area contributed by atoms with Crippen molar-refractivity contribution in [2.24, 2.45) is 0 Å². The molecule has 0 aromatic carbocycles. The SMILES string of the molecule is CC(C)(CN1CC(=O)NC2(CCCCC2)C1=O)S(C)(=O)=O. The molecule has 120 valence electrons. The van der Waals surface area contributed by atoms with Gasteiger partial charge < -0.3 is 10.2 Å². The summed E-state index contributed by atoms with van der Waals surface area (Å²) < 4.78 is 22.6. The van der Waals surface area contributed by atoms with Crippen LogP contribution in [0.15, 0.2) is 0 Å². The molecule has 0 radical (unpaired) electrons. The van der Waals surface area contributed by atoms with Crippen molar-refractivity contribution in [2.45, 2.75) is 56.2 Å². The number of piperazine rings is 1. The van der Waals surface area contributed by atoms with Gasteiger partial charge in [0.05, 0.1) is 11.3 Å². The van der Waals surface area contributed by atoms with Crippen LogP contribution < -0.4 is 5.32 Å². The summed E-state index contributed by atoms with van der Waals surface area (Å²) in [5.41, 5.74) is -0.804. The van der Waals surface area contributed by atoms with E-state index >= 15 is 0 Å². The van der Waals surface area contributed by atoms with Crippen molar-refractivity contribution in [1.29, 1.82) is 0 Å². The average Bonchev–Trinajstić information content (AvgIpc) is 2.35. The first-order valence-electron chi connectivity index (χ1n) is 7.37. The van der Waals surface area contributed by atoms with E-state index in [9.17, 15) is 18.0 Å². The van der Waals surface area contributed by atoms with Gasteiger partial charge in [-0.05, 0) is 26.7 Å². The van der Waals surface area contributed by atoms with Gasteiger partial charge in [0.1, 0.15) is 5.54 Å². The molecule has 0 bridgehead atoms. The predicted octanol–water partition coefficient (Wildman–Crippen LogP) is 0.471. The van der Waals surface area contributed by atoms with Crippen molar-refractivity contribution >= 4 is 21.7 Å². The fourth-order valence-corrected chi connectivity index (χ4v) is 3.50. The predicted molar refractivity (Wildman–Crippen MR) is 79.5 cm³/mol. The molecule has 7 heteroatoms. The third-order valence-corrected chi connectivity index (χ3v) is 6.83. The Morgan fingerprint density at radius 2 is 1.76 bits per heavy atom. The van der Waals surface area contributed by atoms with Gasteiger partial charge in [0.15, 0.2) is 9.84 Å². The number of amides is 2.